The predicted molar refractivity (Wildman–Crippen MR) is 130 cm³/mol. The number of aliphatic hydroxyl groups is 1. The molecule has 4 saturated carbocycles. The lowest BCUT2D eigenvalue weighted by Gasteiger charge is -2.64. The Labute approximate surface area is 197 Å². The van der Waals surface area contributed by atoms with E-state index in [1.54, 1.807) is 6.92 Å². The molecule has 4 fully saturated rings. The second kappa shape index (κ2) is 8.90. The molecule has 0 bridgehead atoms. The average molecular weight is 447 g/mol. The number of hydrogen-bond donors (Lipinski definition) is 1. The second-order valence-corrected chi connectivity index (χ2v) is 13.3. The van der Waals surface area contributed by atoms with Gasteiger partial charge in [-0.05, 0) is 92.3 Å². The van der Waals surface area contributed by atoms with E-state index in [0.717, 1.165) is 48.9 Å². The largest absolute Gasteiger partial charge is 0.459 e. The van der Waals surface area contributed by atoms with Crippen LogP contribution in [-0.2, 0) is 9.53 Å². The third-order valence-corrected chi connectivity index (χ3v) is 11.3. The van der Waals surface area contributed by atoms with E-state index in [-0.39, 0.29) is 17.5 Å². The molecule has 4 aliphatic rings. The highest BCUT2D eigenvalue weighted by Crippen LogP contribution is 2.69. The van der Waals surface area contributed by atoms with E-state index >= 15 is 0 Å². The van der Waals surface area contributed by atoms with Gasteiger partial charge in [0, 0.05) is 18.8 Å². The van der Waals surface area contributed by atoms with Gasteiger partial charge in [0.05, 0.1) is 6.10 Å². The Hall–Kier alpha value is -0.570. The SMILES string of the molecule is CC(=O)O[C@@]12CC[C@@H]3[C@@H]4CC[C@H]([C@H](C)CCCC(C)C)[C@]4(C)CC[C@@H]3[C@]1(C)CC[C@H](O)C2. The zero-order valence-electron chi connectivity index (χ0n) is 21.8. The molecule has 0 aromatic carbocycles. The molecule has 0 radical (unpaired) electrons. The fraction of sp³-hybridized carbons (Fsp3) is 0.966. The lowest BCUT2D eigenvalue weighted by molar-refractivity contribution is -0.237. The van der Waals surface area contributed by atoms with E-state index in [0.29, 0.717) is 17.8 Å². The number of hydrogen-bond acceptors (Lipinski definition) is 3. The van der Waals surface area contributed by atoms with E-state index in [4.69, 9.17) is 4.74 Å². The fourth-order valence-electron chi connectivity index (χ4n) is 9.71. The third-order valence-electron chi connectivity index (χ3n) is 11.3. The van der Waals surface area contributed by atoms with Gasteiger partial charge in [-0.25, -0.2) is 0 Å². The summed E-state index contributed by atoms with van der Waals surface area (Å²) in [6.45, 7) is 13.9. The van der Waals surface area contributed by atoms with Crippen LogP contribution in [0.5, 0.6) is 0 Å². The highest BCUT2D eigenvalue weighted by atomic mass is 16.6. The Morgan fingerprint density at radius 2 is 1.72 bits per heavy atom. The minimum absolute atomic E-state index is 0.0170. The molecule has 9 atom stereocenters. The summed E-state index contributed by atoms with van der Waals surface area (Å²) >= 11 is 0. The maximum Gasteiger partial charge on any atom is 0.303 e. The number of ether oxygens (including phenoxy) is 1. The first-order valence-electron chi connectivity index (χ1n) is 13.9. The molecule has 3 heteroatoms. The number of carbonyl (C=O) groups is 1. The van der Waals surface area contributed by atoms with Crippen LogP contribution in [0.3, 0.4) is 0 Å². The molecule has 0 saturated heterocycles. The molecular weight excluding hydrogens is 396 g/mol. The van der Waals surface area contributed by atoms with E-state index in [1.165, 1.54) is 51.4 Å². The van der Waals surface area contributed by atoms with Crippen molar-refractivity contribution < 1.29 is 14.6 Å². The zero-order chi connectivity index (χ0) is 23.3. The Morgan fingerprint density at radius 3 is 2.41 bits per heavy atom. The van der Waals surface area contributed by atoms with Crippen LogP contribution in [0.2, 0.25) is 0 Å². The minimum Gasteiger partial charge on any atom is -0.459 e. The molecule has 0 heterocycles. The molecule has 0 spiro atoms. The van der Waals surface area contributed by atoms with Crippen molar-refractivity contribution in [3.63, 3.8) is 0 Å². The van der Waals surface area contributed by atoms with Gasteiger partial charge in [-0.15, -0.1) is 0 Å². The van der Waals surface area contributed by atoms with E-state index < -0.39 is 5.60 Å². The van der Waals surface area contributed by atoms with Gasteiger partial charge in [0.25, 0.3) is 0 Å². The minimum atomic E-state index is -0.451. The molecule has 3 nitrogen and oxygen atoms in total. The lowest BCUT2D eigenvalue weighted by Crippen LogP contribution is -2.64. The van der Waals surface area contributed by atoms with Crippen LogP contribution in [0, 0.1) is 46.3 Å². The molecule has 0 aromatic rings. The zero-order valence-corrected chi connectivity index (χ0v) is 21.8. The van der Waals surface area contributed by atoms with Gasteiger partial charge >= 0.3 is 5.97 Å². The van der Waals surface area contributed by atoms with Crippen molar-refractivity contribution in [3.05, 3.63) is 0 Å². The van der Waals surface area contributed by atoms with Gasteiger partial charge in [-0.2, -0.15) is 0 Å². The molecule has 0 aromatic heterocycles. The molecule has 0 unspecified atom stereocenters. The molecule has 184 valence electrons. The predicted octanol–water partition coefficient (Wildman–Crippen LogP) is 7.15. The van der Waals surface area contributed by atoms with Crippen molar-refractivity contribution in [3.8, 4) is 0 Å². The van der Waals surface area contributed by atoms with Crippen molar-refractivity contribution in [2.45, 2.75) is 130 Å². The maximum absolute atomic E-state index is 12.1. The summed E-state index contributed by atoms with van der Waals surface area (Å²) in [4.78, 5) is 12.1. The molecular formula is C29H50O3. The smallest absolute Gasteiger partial charge is 0.303 e. The van der Waals surface area contributed by atoms with Gasteiger partial charge in [-0.1, -0.05) is 53.9 Å². The Balaban J connectivity index is 1.53. The summed E-state index contributed by atoms with van der Waals surface area (Å²) < 4.78 is 6.17. The normalized spacial score (nSPS) is 46.8. The first-order valence-corrected chi connectivity index (χ1v) is 13.9. The summed E-state index contributed by atoms with van der Waals surface area (Å²) in [5, 5.41) is 10.5. The van der Waals surface area contributed by atoms with E-state index in [1.807, 2.05) is 0 Å². The van der Waals surface area contributed by atoms with Gasteiger partial charge in [0.2, 0.25) is 0 Å². The molecule has 4 aliphatic carbocycles. The molecule has 0 amide bonds. The van der Waals surface area contributed by atoms with Gasteiger partial charge in [0.1, 0.15) is 5.60 Å². The van der Waals surface area contributed by atoms with E-state index in [9.17, 15) is 9.90 Å². The average Bonchev–Trinajstić information content (AvgIpc) is 3.05. The monoisotopic (exact) mass is 446 g/mol. The van der Waals surface area contributed by atoms with Crippen LogP contribution in [0.1, 0.15) is 119 Å². The van der Waals surface area contributed by atoms with Crippen LogP contribution in [0.15, 0.2) is 0 Å². The summed E-state index contributed by atoms with van der Waals surface area (Å²) in [7, 11) is 0. The standard InChI is InChI=1S/C29H50O3/c1-19(2)8-7-9-20(3)24-10-11-25-23-13-17-29(32-21(4)30)18-22(31)12-16-28(29,6)26(23)14-15-27(24,25)5/h19-20,22-26,31H,7-18H2,1-6H3/t20-,22+,23-,24-,25+,26+,27+,28+,29-/m1/s1. The lowest BCUT2D eigenvalue weighted by atomic mass is 9.43. The van der Waals surface area contributed by atoms with Crippen molar-refractivity contribution in [1.29, 1.82) is 0 Å². The summed E-state index contributed by atoms with van der Waals surface area (Å²) in [6.07, 6.45) is 13.9. The Morgan fingerprint density at radius 1 is 0.969 bits per heavy atom. The quantitative estimate of drug-likeness (QED) is 0.440. The molecule has 32 heavy (non-hydrogen) atoms. The highest BCUT2D eigenvalue weighted by molar-refractivity contribution is 5.66. The van der Waals surface area contributed by atoms with Crippen LogP contribution in [-0.4, -0.2) is 22.8 Å². The van der Waals surface area contributed by atoms with Crippen LogP contribution >= 0.6 is 0 Å². The summed E-state index contributed by atoms with van der Waals surface area (Å²) in [6, 6.07) is 0. The number of aliphatic hydroxyl groups excluding tert-OH is 1. The second-order valence-electron chi connectivity index (χ2n) is 13.3. The number of fused-ring (bicyclic) bond motifs is 5. The molecule has 0 aliphatic heterocycles. The summed E-state index contributed by atoms with van der Waals surface area (Å²) in [5.41, 5.74) is 0.0566. The van der Waals surface area contributed by atoms with Crippen molar-refractivity contribution >= 4 is 5.97 Å². The van der Waals surface area contributed by atoms with Crippen LogP contribution in [0.4, 0.5) is 0 Å². The van der Waals surface area contributed by atoms with Crippen LogP contribution < -0.4 is 0 Å². The molecule has 4 rings (SSSR count). The Kier molecular flexibility index (Phi) is 6.83. The number of carbonyl (C=O) groups excluding carboxylic acids is 1. The number of esters is 1. The van der Waals surface area contributed by atoms with Crippen molar-refractivity contribution in [2.24, 2.45) is 46.3 Å². The van der Waals surface area contributed by atoms with Crippen molar-refractivity contribution in [1.82, 2.24) is 0 Å². The highest BCUT2D eigenvalue weighted by Gasteiger charge is 2.66. The third kappa shape index (κ3) is 3.97. The topological polar surface area (TPSA) is 46.5 Å². The first-order chi connectivity index (χ1) is 15.0. The van der Waals surface area contributed by atoms with Gasteiger partial charge in [0.15, 0.2) is 0 Å². The van der Waals surface area contributed by atoms with Crippen molar-refractivity contribution in [2.75, 3.05) is 0 Å². The maximum atomic E-state index is 12.1. The van der Waals surface area contributed by atoms with Crippen LogP contribution in [0.25, 0.3) is 0 Å². The van der Waals surface area contributed by atoms with Gasteiger partial charge < -0.3 is 9.84 Å². The van der Waals surface area contributed by atoms with E-state index in [2.05, 4.69) is 34.6 Å². The fourth-order valence-corrected chi connectivity index (χ4v) is 9.71. The summed E-state index contributed by atoms with van der Waals surface area (Å²) in [5.74, 6) is 4.60. The number of rotatable bonds is 6. The molecule has 1 N–H and O–H groups in total. The Bertz CT molecular complexity index is 688. The van der Waals surface area contributed by atoms with Gasteiger partial charge in [-0.3, -0.25) is 4.79 Å². The first kappa shape index (κ1) is 24.6.